The minimum absolute atomic E-state index is 0.174. The van der Waals surface area contributed by atoms with Gasteiger partial charge in [0.2, 0.25) is 5.82 Å². The molecule has 1 aromatic heterocycles. The van der Waals surface area contributed by atoms with Crippen molar-refractivity contribution in [1.82, 2.24) is 20.2 Å². The average Bonchev–Trinajstić information content (AvgIpc) is 3.05. The van der Waals surface area contributed by atoms with Crippen molar-refractivity contribution in [3.05, 3.63) is 35.2 Å². The number of terminal acetylenes is 1. The molecule has 2 aromatic rings. The van der Waals surface area contributed by atoms with Gasteiger partial charge in [0, 0.05) is 26.7 Å². The van der Waals surface area contributed by atoms with E-state index in [0.29, 0.717) is 0 Å². The zero-order valence-corrected chi connectivity index (χ0v) is 15.7. The second kappa shape index (κ2) is 6.61. The highest BCUT2D eigenvalue weighted by Crippen LogP contribution is 2.34. The van der Waals surface area contributed by atoms with Crippen LogP contribution in [-0.4, -0.2) is 25.7 Å². The van der Waals surface area contributed by atoms with E-state index in [4.69, 9.17) is 6.42 Å². The van der Waals surface area contributed by atoms with Gasteiger partial charge in [-0.05, 0) is 54.2 Å². The molecule has 1 saturated carbocycles. The number of rotatable bonds is 4. The third kappa shape index (κ3) is 3.32. The summed E-state index contributed by atoms with van der Waals surface area (Å²) >= 11 is 0. The zero-order valence-electron chi connectivity index (χ0n) is 15.7. The monoisotopic (exact) mass is 338 g/mol. The first-order chi connectivity index (χ1) is 11.9. The Kier molecular flexibility index (Phi) is 4.66. The van der Waals surface area contributed by atoms with Crippen LogP contribution in [0, 0.1) is 26.2 Å². The van der Waals surface area contributed by atoms with Crippen molar-refractivity contribution < 1.29 is 5.32 Å². The fourth-order valence-electron chi connectivity index (χ4n) is 4.14. The molecule has 1 heterocycles. The second-order valence-electron chi connectivity index (χ2n) is 7.88. The molecule has 0 amide bonds. The van der Waals surface area contributed by atoms with Crippen molar-refractivity contribution in [1.29, 1.82) is 0 Å². The Morgan fingerprint density at radius 1 is 1.16 bits per heavy atom. The molecule has 1 aliphatic rings. The van der Waals surface area contributed by atoms with Crippen LogP contribution >= 0.6 is 0 Å². The van der Waals surface area contributed by atoms with Crippen LogP contribution in [0.2, 0.25) is 0 Å². The van der Waals surface area contributed by atoms with E-state index in [9.17, 15) is 0 Å². The molecule has 0 spiro atoms. The summed E-state index contributed by atoms with van der Waals surface area (Å²) in [5, 5.41) is 15.2. The number of para-hydroxylation sites is 1. The lowest BCUT2D eigenvalue weighted by atomic mass is 9.79. The van der Waals surface area contributed by atoms with E-state index in [0.717, 1.165) is 24.4 Å². The Hall–Kier alpha value is -2.19. The molecule has 2 N–H and O–H groups in total. The van der Waals surface area contributed by atoms with Gasteiger partial charge in [-0.15, -0.1) is 11.5 Å². The lowest BCUT2D eigenvalue weighted by Crippen LogP contribution is -3.03. The van der Waals surface area contributed by atoms with Gasteiger partial charge in [0.25, 0.3) is 0 Å². The number of benzene rings is 1. The Bertz CT molecular complexity index is 770. The topological polar surface area (TPSA) is 60.2 Å². The molecular weight excluding hydrogens is 310 g/mol. The van der Waals surface area contributed by atoms with E-state index in [-0.39, 0.29) is 11.1 Å². The summed E-state index contributed by atoms with van der Waals surface area (Å²) in [6.07, 6.45) is 11.5. The molecule has 0 saturated heterocycles. The van der Waals surface area contributed by atoms with E-state index in [1.54, 1.807) is 0 Å². The standard InChI is InChI=1S/C20H27N5/c1-6-19(4,5)22-20(13-8-7-9-14-20)18-21-23-24-25(18)17-15(2)11-10-12-16(17)3/h1,10-12,22H,7-9,13-14H2,2-5H3/p+1. The zero-order chi connectivity index (χ0) is 18.1. The molecule has 1 aromatic carbocycles. The molecule has 0 bridgehead atoms. The summed E-state index contributed by atoms with van der Waals surface area (Å²) in [7, 11) is 0. The Balaban J connectivity index is 2.13. The van der Waals surface area contributed by atoms with E-state index < -0.39 is 0 Å². The third-order valence-electron chi connectivity index (χ3n) is 5.32. The van der Waals surface area contributed by atoms with Crippen LogP contribution in [0.1, 0.15) is 62.9 Å². The Labute approximate surface area is 150 Å². The van der Waals surface area contributed by atoms with Crippen molar-refractivity contribution in [2.45, 2.75) is 70.9 Å². The van der Waals surface area contributed by atoms with Crippen LogP contribution in [0.25, 0.3) is 5.69 Å². The van der Waals surface area contributed by atoms with Crippen molar-refractivity contribution in [2.24, 2.45) is 0 Å². The number of aryl methyl sites for hydroxylation is 2. The lowest BCUT2D eigenvalue weighted by Gasteiger charge is -2.38. The minimum Gasteiger partial charge on any atom is -0.320 e. The molecular formula is C20H28N5+. The number of nitrogens with zero attached hydrogens (tertiary/aromatic N) is 4. The fourth-order valence-corrected chi connectivity index (χ4v) is 4.14. The highest BCUT2D eigenvalue weighted by molar-refractivity contribution is 5.46. The molecule has 0 radical (unpaired) electrons. The molecule has 3 rings (SSSR count). The van der Waals surface area contributed by atoms with Gasteiger partial charge in [-0.25, -0.2) is 0 Å². The SMILES string of the molecule is C#CC(C)(C)[NH2+]C1(c2nnnn2-c2c(C)cccc2C)CCCCC1. The van der Waals surface area contributed by atoms with Crippen molar-refractivity contribution >= 4 is 0 Å². The van der Waals surface area contributed by atoms with Crippen molar-refractivity contribution in [3.63, 3.8) is 0 Å². The van der Waals surface area contributed by atoms with E-state index in [1.807, 2.05) is 4.68 Å². The maximum Gasteiger partial charge on any atom is 0.217 e. The van der Waals surface area contributed by atoms with Gasteiger partial charge in [-0.2, -0.15) is 4.68 Å². The van der Waals surface area contributed by atoms with Crippen molar-refractivity contribution in [3.8, 4) is 18.0 Å². The van der Waals surface area contributed by atoms with E-state index >= 15 is 0 Å². The Morgan fingerprint density at radius 2 is 1.80 bits per heavy atom. The van der Waals surface area contributed by atoms with Gasteiger partial charge in [-0.1, -0.05) is 24.6 Å². The molecule has 0 atom stereocenters. The quantitative estimate of drug-likeness (QED) is 0.871. The van der Waals surface area contributed by atoms with Gasteiger partial charge < -0.3 is 5.32 Å². The summed E-state index contributed by atoms with van der Waals surface area (Å²) in [6, 6.07) is 6.29. The molecule has 0 unspecified atom stereocenters. The van der Waals surface area contributed by atoms with Gasteiger partial charge in [-0.3, -0.25) is 0 Å². The summed E-state index contributed by atoms with van der Waals surface area (Å²) < 4.78 is 1.94. The fraction of sp³-hybridized carbons (Fsp3) is 0.550. The van der Waals surface area contributed by atoms with Crippen LogP contribution in [-0.2, 0) is 5.54 Å². The first-order valence-electron chi connectivity index (χ1n) is 9.09. The van der Waals surface area contributed by atoms with Gasteiger partial charge in [0.15, 0.2) is 11.1 Å². The molecule has 5 heteroatoms. The van der Waals surface area contributed by atoms with Crippen LogP contribution in [0.5, 0.6) is 0 Å². The molecule has 132 valence electrons. The van der Waals surface area contributed by atoms with Crippen LogP contribution in [0.15, 0.2) is 18.2 Å². The first-order valence-corrected chi connectivity index (χ1v) is 9.09. The summed E-state index contributed by atoms with van der Waals surface area (Å²) in [5.74, 6) is 3.85. The molecule has 0 aliphatic heterocycles. The highest BCUT2D eigenvalue weighted by atomic mass is 15.6. The molecule has 1 fully saturated rings. The maximum absolute atomic E-state index is 5.79. The van der Waals surface area contributed by atoms with E-state index in [1.165, 1.54) is 30.4 Å². The predicted molar refractivity (Wildman–Crippen MR) is 98.2 cm³/mol. The smallest absolute Gasteiger partial charge is 0.217 e. The summed E-state index contributed by atoms with van der Waals surface area (Å²) in [6.45, 7) is 8.40. The normalized spacial score (nSPS) is 17.2. The summed E-state index contributed by atoms with van der Waals surface area (Å²) in [5.41, 5.74) is 2.96. The third-order valence-corrected chi connectivity index (χ3v) is 5.32. The van der Waals surface area contributed by atoms with E-state index in [2.05, 4.69) is 72.7 Å². The number of hydrogen-bond donors (Lipinski definition) is 1. The number of tetrazole rings is 1. The predicted octanol–water partition coefficient (Wildman–Crippen LogP) is 2.41. The number of hydrogen-bond acceptors (Lipinski definition) is 3. The maximum atomic E-state index is 5.79. The molecule has 1 aliphatic carbocycles. The van der Waals surface area contributed by atoms with Crippen molar-refractivity contribution in [2.75, 3.05) is 0 Å². The minimum atomic E-state index is -0.297. The Morgan fingerprint density at radius 3 is 2.40 bits per heavy atom. The number of quaternary nitrogens is 1. The summed E-state index contributed by atoms with van der Waals surface area (Å²) in [4.78, 5) is 0. The van der Waals surface area contributed by atoms with Gasteiger partial charge >= 0.3 is 0 Å². The molecule has 5 nitrogen and oxygen atoms in total. The molecule has 25 heavy (non-hydrogen) atoms. The van der Waals surface area contributed by atoms with Gasteiger partial charge in [0.05, 0.1) is 5.69 Å². The second-order valence-corrected chi connectivity index (χ2v) is 7.88. The largest absolute Gasteiger partial charge is 0.320 e. The average molecular weight is 338 g/mol. The number of aromatic nitrogens is 4. The highest BCUT2D eigenvalue weighted by Gasteiger charge is 2.46. The number of nitrogens with two attached hydrogens (primary N) is 1. The van der Waals surface area contributed by atoms with Crippen LogP contribution < -0.4 is 5.32 Å². The van der Waals surface area contributed by atoms with Crippen LogP contribution in [0.4, 0.5) is 0 Å². The first kappa shape index (κ1) is 17.6. The lowest BCUT2D eigenvalue weighted by molar-refractivity contribution is -0.785. The van der Waals surface area contributed by atoms with Crippen LogP contribution in [0.3, 0.4) is 0 Å². The van der Waals surface area contributed by atoms with Gasteiger partial charge in [0.1, 0.15) is 0 Å².